The number of nitrogens with zero attached hydrogens (tertiary/aromatic N) is 2. The van der Waals surface area contributed by atoms with Crippen LogP contribution in [0.4, 0.5) is 0 Å². The first kappa shape index (κ1) is 11.0. The molecule has 0 atom stereocenters. The largest absolute Gasteiger partial charge is 0.507 e. The second kappa shape index (κ2) is 4.06. The highest BCUT2D eigenvalue weighted by Gasteiger charge is 2.13. The summed E-state index contributed by atoms with van der Waals surface area (Å²) < 4.78 is 0. The molecule has 20 heavy (non-hydrogen) atoms. The van der Waals surface area contributed by atoms with E-state index in [0.29, 0.717) is 0 Å². The van der Waals surface area contributed by atoms with E-state index in [1.807, 2.05) is 48.5 Å². The fourth-order valence-corrected chi connectivity index (χ4v) is 2.61. The van der Waals surface area contributed by atoms with E-state index in [0.717, 1.165) is 32.9 Å². The van der Waals surface area contributed by atoms with Crippen LogP contribution in [0.25, 0.3) is 32.9 Å². The molecule has 0 aliphatic heterocycles. The molecule has 3 aromatic carbocycles. The van der Waals surface area contributed by atoms with Crippen molar-refractivity contribution in [3.8, 4) is 16.9 Å². The molecule has 4 nitrogen and oxygen atoms in total. The maximum Gasteiger partial charge on any atom is 0.124 e. The Morgan fingerprint density at radius 1 is 0.850 bits per heavy atom. The number of fused-ring (bicyclic) bond motifs is 2. The van der Waals surface area contributed by atoms with Crippen molar-refractivity contribution >= 4 is 21.8 Å². The van der Waals surface area contributed by atoms with Crippen LogP contribution in [0, 0.1) is 0 Å². The van der Waals surface area contributed by atoms with Gasteiger partial charge >= 0.3 is 0 Å². The van der Waals surface area contributed by atoms with Crippen LogP contribution in [-0.4, -0.2) is 20.5 Å². The van der Waals surface area contributed by atoms with Gasteiger partial charge in [-0.3, -0.25) is 0 Å². The van der Waals surface area contributed by atoms with Crippen molar-refractivity contribution in [2.24, 2.45) is 0 Å². The predicted molar refractivity (Wildman–Crippen MR) is 78.5 cm³/mol. The Bertz CT molecular complexity index is 927. The maximum absolute atomic E-state index is 10.3. The highest BCUT2D eigenvalue weighted by atomic mass is 16.3. The van der Waals surface area contributed by atoms with Gasteiger partial charge in [-0.15, -0.1) is 0 Å². The maximum atomic E-state index is 10.3. The first-order valence-corrected chi connectivity index (χ1v) is 6.35. The van der Waals surface area contributed by atoms with Crippen molar-refractivity contribution in [3.05, 3.63) is 54.6 Å². The molecular weight excluding hydrogens is 250 g/mol. The first-order valence-electron chi connectivity index (χ1n) is 6.35. The van der Waals surface area contributed by atoms with Gasteiger partial charge in [0, 0.05) is 11.1 Å². The Morgan fingerprint density at radius 2 is 1.75 bits per heavy atom. The van der Waals surface area contributed by atoms with E-state index in [4.69, 9.17) is 0 Å². The van der Waals surface area contributed by atoms with Crippen LogP contribution in [-0.2, 0) is 0 Å². The summed E-state index contributed by atoms with van der Waals surface area (Å²) in [5, 5.41) is 23.3. The molecule has 0 aliphatic rings. The summed E-state index contributed by atoms with van der Waals surface area (Å²) in [5.41, 5.74) is 3.22. The summed E-state index contributed by atoms with van der Waals surface area (Å²) in [5.74, 6) is 0.249. The Labute approximate surface area is 114 Å². The number of rotatable bonds is 1. The molecule has 4 aromatic rings. The number of nitrogens with one attached hydrogen (secondary N) is 1. The minimum absolute atomic E-state index is 0.249. The van der Waals surface area contributed by atoms with Crippen LogP contribution in [0.2, 0.25) is 0 Å². The van der Waals surface area contributed by atoms with Crippen molar-refractivity contribution in [3.63, 3.8) is 0 Å². The average molecular weight is 261 g/mol. The number of aromatic nitrogens is 3. The predicted octanol–water partition coefficient (Wildman–Crippen LogP) is 3.48. The number of aromatic hydroxyl groups is 1. The van der Waals surface area contributed by atoms with E-state index in [9.17, 15) is 5.11 Å². The zero-order valence-electron chi connectivity index (χ0n) is 10.5. The fraction of sp³-hybridized carbons (Fsp3) is 0. The lowest BCUT2D eigenvalue weighted by Gasteiger charge is -2.09. The smallest absolute Gasteiger partial charge is 0.124 e. The molecule has 0 spiro atoms. The van der Waals surface area contributed by atoms with Crippen molar-refractivity contribution < 1.29 is 5.11 Å². The van der Waals surface area contributed by atoms with Gasteiger partial charge in [-0.1, -0.05) is 42.5 Å². The van der Waals surface area contributed by atoms with Crippen LogP contribution < -0.4 is 0 Å². The molecule has 0 aliphatic carbocycles. The zero-order chi connectivity index (χ0) is 13.5. The van der Waals surface area contributed by atoms with Crippen LogP contribution >= 0.6 is 0 Å². The normalized spacial score (nSPS) is 11.2. The Morgan fingerprint density at radius 3 is 2.70 bits per heavy atom. The first-order chi connectivity index (χ1) is 9.84. The monoisotopic (exact) mass is 261 g/mol. The fourth-order valence-electron chi connectivity index (χ4n) is 2.61. The van der Waals surface area contributed by atoms with Gasteiger partial charge in [-0.25, -0.2) is 0 Å². The molecule has 0 fully saturated rings. The molecular formula is C16H11N3O. The molecule has 0 unspecified atom stereocenters. The summed E-state index contributed by atoms with van der Waals surface area (Å²) >= 11 is 0. The minimum atomic E-state index is 0.249. The lowest BCUT2D eigenvalue weighted by molar-refractivity contribution is 0.478. The van der Waals surface area contributed by atoms with Crippen molar-refractivity contribution in [1.29, 1.82) is 0 Å². The second-order valence-corrected chi connectivity index (χ2v) is 4.68. The molecule has 0 saturated heterocycles. The lowest BCUT2D eigenvalue weighted by Crippen LogP contribution is -1.85. The SMILES string of the molecule is Oc1ccc2ccccc2c1-c1cccc2n[nH]nc12. The number of phenolic OH excluding ortho intramolecular Hbond substituents is 1. The molecule has 1 heterocycles. The number of hydrogen-bond acceptors (Lipinski definition) is 3. The van der Waals surface area contributed by atoms with Crippen molar-refractivity contribution in [2.45, 2.75) is 0 Å². The van der Waals surface area contributed by atoms with Gasteiger partial charge in [-0.2, -0.15) is 15.4 Å². The quantitative estimate of drug-likeness (QED) is 0.551. The summed E-state index contributed by atoms with van der Waals surface area (Å²) in [6.45, 7) is 0. The molecule has 0 saturated carbocycles. The van der Waals surface area contributed by atoms with E-state index < -0.39 is 0 Å². The van der Waals surface area contributed by atoms with Crippen molar-refractivity contribution in [2.75, 3.05) is 0 Å². The minimum Gasteiger partial charge on any atom is -0.507 e. The van der Waals surface area contributed by atoms with Crippen LogP contribution in [0.5, 0.6) is 5.75 Å². The van der Waals surface area contributed by atoms with Crippen LogP contribution in [0.3, 0.4) is 0 Å². The second-order valence-electron chi connectivity index (χ2n) is 4.68. The highest BCUT2D eigenvalue weighted by Crippen LogP contribution is 2.38. The van der Waals surface area contributed by atoms with Crippen LogP contribution in [0.1, 0.15) is 0 Å². The highest BCUT2D eigenvalue weighted by molar-refractivity contribution is 6.05. The van der Waals surface area contributed by atoms with Gasteiger partial charge < -0.3 is 5.11 Å². The number of hydrogen-bond donors (Lipinski definition) is 2. The van der Waals surface area contributed by atoms with Gasteiger partial charge in [0.25, 0.3) is 0 Å². The zero-order valence-corrected chi connectivity index (χ0v) is 10.5. The molecule has 2 N–H and O–H groups in total. The molecule has 4 heteroatoms. The molecule has 0 amide bonds. The van der Waals surface area contributed by atoms with Gasteiger partial charge in [0.1, 0.15) is 16.8 Å². The Balaban J connectivity index is 2.17. The summed E-state index contributed by atoms with van der Waals surface area (Å²) in [6, 6.07) is 17.4. The average Bonchev–Trinajstić information content (AvgIpc) is 2.96. The third-order valence-electron chi connectivity index (χ3n) is 3.52. The Kier molecular flexibility index (Phi) is 2.23. The number of phenols is 1. The van der Waals surface area contributed by atoms with E-state index in [2.05, 4.69) is 15.4 Å². The van der Waals surface area contributed by atoms with Gasteiger partial charge in [0.2, 0.25) is 0 Å². The third-order valence-corrected chi connectivity index (χ3v) is 3.52. The molecule has 96 valence electrons. The standard InChI is InChI=1S/C16H11N3O/c20-14-9-8-10-4-1-2-5-11(10)15(14)12-6-3-7-13-16(12)18-19-17-13/h1-9,20H,(H,17,18,19). The third kappa shape index (κ3) is 1.48. The van der Waals surface area contributed by atoms with Gasteiger partial charge in [0.15, 0.2) is 0 Å². The number of para-hydroxylation sites is 1. The van der Waals surface area contributed by atoms with Crippen molar-refractivity contribution in [1.82, 2.24) is 15.4 Å². The van der Waals surface area contributed by atoms with Crippen LogP contribution in [0.15, 0.2) is 54.6 Å². The van der Waals surface area contributed by atoms with E-state index in [1.54, 1.807) is 6.07 Å². The van der Waals surface area contributed by atoms with E-state index in [-0.39, 0.29) is 5.75 Å². The van der Waals surface area contributed by atoms with E-state index in [1.165, 1.54) is 0 Å². The lowest BCUT2D eigenvalue weighted by atomic mass is 9.96. The summed E-state index contributed by atoms with van der Waals surface area (Å²) in [6.07, 6.45) is 0. The summed E-state index contributed by atoms with van der Waals surface area (Å²) in [4.78, 5) is 0. The molecule has 0 bridgehead atoms. The summed E-state index contributed by atoms with van der Waals surface area (Å²) in [7, 11) is 0. The number of H-pyrrole nitrogens is 1. The number of benzene rings is 3. The molecule has 4 rings (SSSR count). The van der Waals surface area contributed by atoms with Gasteiger partial charge in [0.05, 0.1) is 0 Å². The van der Waals surface area contributed by atoms with Gasteiger partial charge in [-0.05, 0) is 22.9 Å². The molecule has 0 radical (unpaired) electrons. The molecule has 1 aromatic heterocycles. The number of aromatic amines is 1. The Hall–Kier alpha value is -2.88. The van der Waals surface area contributed by atoms with E-state index >= 15 is 0 Å². The topological polar surface area (TPSA) is 61.8 Å².